The molecule has 1 fully saturated rings. The summed E-state index contributed by atoms with van der Waals surface area (Å²) in [6, 6.07) is 3.89. The largest absolute Gasteiger partial charge is 0.397 e. The van der Waals surface area contributed by atoms with Crippen LogP contribution in [0.4, 0.5) is 11.5 Å². The molecule has 0 saturated carbocycles. The van der Waals surface area contributed by atoms with Gasteiger partial charge >= 0.3 is 0 Å². The topological polar surface area (TPSA) is 51.4 Å². The summed E-state index contributed by atoms with van der Waals surface area (Å²) in [6.45, 7) is 5.80. The lowest BCUT2D eigenvalue weighted by Crippen LogP contribution is -2.22. The van der Waals surface area contributed by atoms with E-state index in [0.29, 0.717) is 11.6 Å². The Morgan fingerprint density at radius 2 is 2.44 bits per heavy atom. The number of ether oxygens (including phenoxy) is 1. The highest BCUT2D eigenvalue weighted by atomic mass is 16.5. The third-order valence-electron chi connectivity index (χ3n) is 2.94. The third kappa shape index (κ3) is 2.64. The molecule has 1 atom stereocenters. The van der Waals surface area contributed by atoms with Gasteiger partial charge in [0.05, 0.1) is 18.5 Å². The van der Waals surface area contributed by atoms with Crippen molar-refractivity contribution in [2.75, 3.05) is 36.9 Å². The van der Waals surface area contributed by atoms with Crippen molar-refractivity contribution in [3.63, 3.8) is 0 Å². The van der Waals surface area contributed by atoms with Crippen molar-refractivity contribution in [3.05, 3.63) is 18.3 Å². The van der Waals surface area contributed by atoms with Gasteiger partial charge in [-0.05, 0) is 25.5 Å². The number of pyridine rings is 1. The number of nitrogens with zero attached hydrogens (tertiary/aromatic N) is 2. The van der Waals surface area contributed by atoms with Gasteiger partial charge in [-0.25, -0.2) is 4.98 Å². The predicted molar refractivity (Wildman–Crippen MR) is 65.5 cm³/mol. The Morgan fingerprint density at radius 1 is 1.56 bits per heavy atom. The maximum Gasteiger partial charge on any atom is 0.128 e. The molecule has 1 aliphatic heterocycles. The normalized spacial score (nSPS) is 20.3. The molecule has 1 aromatic heterocycles. The monoisotopic (exact) mass is 221 g/mol. The Kier molecular flexibility index (Phi) is 3.62. The van der Waals surface area contributed by atoms with Crippen molar-refractivity contribution in [3.8, 4) is 0 Å². The van der Waals surface area contributed by atoms with Crippen LogP contribution in [-0.4, -0.2) is 31.3 Å². The van der Waals surface area contributed by atoms with E-state index < -0.39 is 0 Å². The molecule has 2 rings (SSSR count). The molecule has 4 heteroatoms. The predicted octanol–water partition coefficient (Wildman–Crippen LogP) is 1.53. The van der Waals surface area contributed by atoms with E-state index in [-0.39, 0.29) is 0 Å². The number of hydrogen-bond acceptors (Lipinski definition) is 4. The lowest BCUT2D eigenvalue weighted by atomic mass is 10.1. The van der Waals surface area contributed by atoms with E-state index in [0.717, 1.165) is 32.1 Å². The maximum atomic E-state index is 5.62. The minimum atomic E-state index is 0.638. The van der Waals surface area contributed by atoms with Crippen LogP contribution in [0.15, 0.2) is 18.3 Å². The van der Waals surface area contributed by atoms with Crippen LogP contribution in [0.25, 0.3) is 0 Å². The van der Waals surface area contributed by atoms with Crippen LogP contribution >= 0.6 is 0 Å². The average Bonchev–Trinajstić information content (AvgIpc) is 2.76. The van der Waals surface area contributed by atoms with Gasteiger partial charge in [0, 0.05) is 25.6 Å². The molecule has 16 heavy (non-hydrogen) atoms. The molecule has 0 aromatic carbocycles. The van der Waals surface area contributed by atoms with E-state index in [1.165, 1.54) is 6.42 Å². The highest BCUT2D eigenvalue weighted by molar-refractivity contribution is 5.46. The first kappa shape index (κ1) is 11.2. The zero-order chi connectivity index (χ0) is 11.4. The molecular formula is C12H19N3O. The number of hydrogen-bond donors (Lipinski definition) is 1. The zero-order valence-corrected chi connectivity index (χ0v) is 9.72. The molecule has 0 amide bonds. The fraction of sp³-hybridized carbons (Fsp3) is 0.583. The second-order valence-electron chi connectivity index (χ2n) is 4.21. The third-order valence-corrected chi connectivity index (χ3v) is 2.94. The first-order valence-electron chi connectivity index (χ1n) is 5.84. The molecule has 1 aromatic rings. The minimum Gasteiger partial charge on any atom is -0.397 e. The fourth-order valence-electron chi connectivity index (χ4n) is 2.05. The Morgan fingerprint density at radius 3 is 3.12 bits per heavy atom. The molecule has 1 unspecified atom stereocenters. The Labute approximate surface area is 96.4 Å². The molecule has 1 aliphatic rings. The number of nitrogen functional groups attached to an aromatic ring is 1. The molecule has 2 heterocycles. The number of anilines is 2. The summed E-state index contributed by atoms with van der Waals surface area (Å²) in [4.78, 5) is 6.63. The van der Waals surface area contributed by atoms with E-state index in [9.17, 15) is 0 Å². The second kappa shape index (κ2) is 5.16. The van der Waals surface area contributed by atoms with Gasteiger partial charge in [-0.15, -0.1) is 0 Å². The summed E-state index contributed by atoms with van der Waals surface area (Å²) in [5.41, 5.74) is 6.33. The standard InChI is InChI=1S/C12H19N3O/c1-2-16-9-10-5-6-15(8-10)12-4-3-11(13)7-14-12/h3-4,7,10H,2,5-6,8-9,13H2,1H3. The summed E-state index contributed by atoms with van der Waals surface area (Å²) in [7, 11) is 0. The summed E-state index contributed by atoms with van der Waals surface area (Å²) in [5.74, 6) is 1.66. The smallest absolute Gasteiger partial charge is 0.128 e. The number of nitrogens with two attached hydrogens (primary N) is 1. The lowest BCUT2D eigenvalue weighted by Gasteiger charge is -2.17. The van der Waals surface area contributed by atoms with Crippen molar-refractivity contribution in [2.45, 2.75) is 13.3 Å². The van der Waals surface area contributed by atoms with Gasteiger partial charge in [0.1, 0.15) is 5.82 Å². The van der Waals surface area contributed by atoms with Gasteiger partial charge < -0.3 is 15.4 Å². The van der Waals surface area contributed by atoms with Crippen molar-refractivity contribution in [1.29, 1.82) is 0 Å². The van der Waals surface area contributed by atoms with Gasteiger partial charge in [-0.3, -0.25) is 0 Å². The molecule has 0 bridgehead atoms. The second-order valence-corrected chi connectivity index (χ2v) is 4.21. The molecule has 0 radical (unpaired) electrons. The van der Waals surface area contributed by atoms with Crippen LogP contribution in [-0.2, 0) is 4.74 Å². The maximum absolute atomic E-state index is 5.62. The quantitative estimate of drug-likeness (QED) is 0.837. The van der Waals surface area contributed by atoms with E-state index in [2.05, 4.69) is 9.88 Å². The average molecular weight is 221 g/mol. The van der Waals surface area contributed by atoms with E-state index >= 15 is 0 Å². The van der Waals surface area contributed by atoms with E-state index in [1.54, 1.807) is 6.20 Å². The van der Waals surface area contributed by atoms with Crippen molar-refractivity contribution in [2.24, 2.45) is 5.92 Å². The number of rotatable bonds is 4. The van der Waals surface area contributed by atoms with Crippen LogP contribution in [0.3, 0.4) is 0 Å². The molecule has 88 valence electrons. The van der Waals surface area contributed by atoms with Crippen LogP contribution in [0, 0.1) is 5.92 Å². The van der Waals surface area contributed by atoms with Gasteiger partial charge in [-0.1, -0.05) is 0 Å². The zero-order valence-electron chi connectivity index (χ0n) is 9.72. The minimum absolute atomic E-state index is 0.638. The SMILES string of the molecule is CCOCC1CCN(c2ccc(N)cn2)C1. The first-order chi connectivity index (χ1) is 7.79. The van der Waals surface area contributed by atoms with Gasteiger partial charge in [-0.2, -0.15) is 0 Å². The molecular weight excluding hydrogens is 202 g/mol. The Bertz CT molecular complexity index is 326. The number of aromatic nitrogens is 1. The van der Waals surface area contributed by atoms with E-state index in [4.69, 9.17) is 10.5 Å². The van der Waals surface area contributed by atoms with Crippen LogP contribution in [0.2, 0.25) is 0 Å². The van der Waals surface area contributed by atoms with Crippen LogP contribution in [0.5, 0.6) is 0 Å². The summed E-state index contributed by atoms with van der Waals surface area (Å²) in [6.07, 6.45) is 2.90. The van der Waals surface area contributed by atoms with Gasteiger partial charge in [0.15, 0.2) is 0 Å². The molecule has 1 saturated heterocycles. The van der Waals surface area contributed by atoms with Crippen LogP contribution < -0.4 is 10.6 Å². The summed E-state index contributed by atoms with van der Waals surface area (Å²) in [5, 5.41) is 0. The molecule has 2 N–H and O–H groups in total. The summed E-state index contributed by atoms with van der Waals surface area (Å²) < 4.78 is 5.45. The molecule has 0 aliphatic carbocycles. The highest BCUT2D eigenvalue weighted by Gasteiger charge is 2.23. The fourth-order valence-corrected chi connectivity index (χ4v) is 2.05. The summed E-state index contributed by atoms with van der Waals surface area (Å²) >= 11 is 0. The van der Waals surface area contributed by atoms with Crippen molar-refractivity contribution >= 4 is 11.5 Å². The van der Waals surface area contributed by atoms with Gasteiger partial charge in [0.2, 0.25) is 0 Å². The van der Waals surface area contributed by atoms with E-state index in [1.807, 2.05) is 19.1 Å². The molecule has 4 nitrogen and oxygen atoms in total. The highest BCUT2D eigenvalue weighted by Crippen LogP contribution is 2.22. The Balaban J connectivity index is 1.90. The van der Waals surface area contributed by atoms with Crippen molar-refractivity contribution in [1.82, 2.24) is 4.98 Å². The molecule has 0 spiro atoms. The Hall–Kier alpha value is -1.29. The van der Waals surface area contributed by atoms with Crippen molar-refractivity contribution < 1.29 is 4.74 Å². The lowest BCUT2D eigenvalue weighted by molar-refractivity contribution is 0.117. The first-order valence-corrected chi connectivity index (χ1v) is 5.84. The van der Waals surface area contributed by atoms with Gasteiger partial charge in [0.25, 0.3) is 0 Å². The van der Waals surface area contributed by atoms with Crippen LogP contribution in [0.1, 0.15) is 13.3 Å².